The van der Waals surface area contributed by atoms with Crippen LogP contribution in [-0.4, -0.2) is 38.5 Å². The molecule has 2 fully saturated rings. The second-order valence-electron chi connectivity index (χ2n) is 8.55. The Labute approximate surface area is 188 Å². The van der Waals surface area contributed by atoms with Crippen LogP contribution in [0.15, 0.2) is 66.5 Å². The van der Waals surface area contributed by atoms with E-state index in [1.807, 2.05) is 29.0 Å². The van der Waals surface area contributed by atoms with E-state index in [9.17, 15) is 4.79 Å². The van der Waals surface area contributed by atoms with Crippen molar-refractivity contribution < 1.29 is 4.79 Å². The zero-order valence-electron chi connectivity index (χ0n) is 17.8. The van der Waals surface area contributed by atoms with Gasteiger partial charge in [-0.25, -0.2) is 0 Å². The van der Waals surface area contributed by atoms with Crippen LogP contribution in [0.1, 0.15) is 43.2 Å². The first-order valence-corrected chi connectivity index (χ1v) is 11.5. The molecule has 0 atom stereocenters. The Kier molecular flexibility index (Phi) is 5.36. The maximum Gasteiger partial charge on any atom is 0.277 e. The summed E-state index contributed by atoms with van der Waals surface area (Å²) in [6.45, 7) is 0.793. The first-order chi connectivity index (χ1) is 15.1. The number of rotatable bonds is 4. The Hall–Kier alpha value is -2.92. The lowest BCUT2D eigenvalue weighted by atomic mass is 9.94. The molecule has 31 heavy (non-hydrogen) atoms. The van der Waals surface area contributed by atoms with Crippen molar-refractivity contribution in [3.63, 3.8) is 0 Å². The van der Waals surface area contributed by atoms with E-state index in [1.54, 1.807) is 0 Å². The number of nitrogens with zero attached hydrogens (tertiary/aromatic N) is 3. The molecule has 0 bridgehead atoms. The summed E-state index contributed by atoms with van der Waals surface area (Å²) in [7, 11) is 1.91. The summed E-state index contributed by atoms with van der Waals surface area (Å²) in [5.41, 5.74) is 4.13. The van der Waals surface area contributed by atoms with Crippen molar-refractivity contribution in [1.82, 2.24) is 14.4 Å². The number of para-hydroxylation sites is 1. The molecule has 4 nitrogen and oxygen atoms in total. The smallest absolute Gasteiger partial charge is 0.277 e. The molecule has 1 aliphatic carbocycles. The Morgan fingerprint density at radius 1 is 1.00 bits per heavy atom. The first kappa shape index (κ1) is 20.0. The molecule has 0 unspecified atom stereocenters. The van der Waals surface area contributed by atoms with Gasteiger partial charge >= 0.3 is 0 Å². The largest absolute Gasteiger partial charge is 0.342 e. The number of thiocarbonyl (C=S) groups is 1. The minimum Gasteiger partial charge on any atom is -0.342 e. The Balaban J connectivity index is 1.52. The van der Waals surface area contributed by atoms with Crippen LogP contribution in [0.4, 0.5) is 0 Å². The summed E-state index contributed by atoms with van der Waals surface area (Å²) < 4.78 is 2.26. The summed E-state index contributed by atoms with van der Waals surface area (Å²) in [6, 6.07) is 19.1. The number of benzene rings is 2. The van der Waals surface area contributed by atoms with Crippen molar-refractivity contribution in [3.8, 4) is 0 Å². The zero-order valence-corrected chi connectivity index (χ0v) is 18.6. The highest BCUT2D eigenvalue weighted by molar-refractivity contribution is 7.80. The topological polar surface area (TPSA) is 28.5 Å². The average Bonchev–Trinajstić information content (AvgIpc) is 3.25. The molecule has 3 aromatic rings. The summed E-state index contributed by atoms with van der Waals surface area (Å²) in [6.07, 6.45) is 9.86. The number of hydrogen-bond acceptors (Lipinski definition) is 2. The van der Waals surface area contributed by atoms with Gasteiger partial charge in [0.25, 0.3) is 5.91 Å². The van der Waals surface area contributed by atoms with E-state index in [4.69, 9.17) is 12.2 Å². The van der Waals surface area contributed by atoms with Crippen LogP contribution in [0.3, 0.4) is 0 Å². The molecule has 0 radical (unpaired) electrons. The molecule has 1 aromatic heterocycles. The Morgan fingerprint density at radius 3 is 2.48 bits per heavy atom. The van der Waals surface area contributed by atoms with Crippen LogP contribution in [0, 0.1) is 0 Å². The second-order valence-corrected chi connectivity index (χ2v) is 8.92. The molecule has 158 valence electrons. The summed E-state index contributed by atoms with van der Waals surface area (Å²) in [5, 5.41) is 1.78. The maximum atomic E-state index is 13.4. The molecule has 2 aromatic carbocycles. The first-order valence-electron chi connectivity index (χ1n) is 11.1. The SMILES string of the molecule is CN1C(=S)N(C2CCCCC2)C(=O)/C1=C/c1cn(Cc2ccccc2)c2ccccc12. The van der Waals surface area contributed by atoms with E-state index in [1.165, 1.54) is 24.8 Å². The highest BCUT2D eigenvalue weighted by Gasteiger charge is 2.40. The molecule has 5 heteroatoms. The van der Waals surface area contributed by atoms with E-state index >= 15 is 0 Å². The molecule has 1 saturated heterocycles. The minimum atomic E-state index is 0.0410. The average molecular weight is 430 g/mol. The molecular formula is C26H27N3OS. The van der Waals surface area contributed by atoms with Crippen molar-refractivity contribution in [1.29, 1.82) is 0 Å². The highest BCUT2D eigenvalue weighted by atomic mass is 32.1. The summed E-state index contributed by atoms with van der Waals surface area (Å²) >= 11 is 5.69. The van der Waals surface area contributed by atoms with Crippen molar-refractivity contribution in [2.75, 3.05) is 7.05 Å². The van der Waals surface area contributed by atoms with Crippen LogP contribution in [-0.2, 0) is 11.3 Å². The summed E-state index contributed by atoms with van der Waals surface area (Å²) in [4.78, 5) is 17.1. The minimum absolute atomic E-state index is 0.0410. The van der Waals surface area contributed by atoms with Crippen LogP contribution in [0.25, 0.3) is 17.0 Å². The maximum absolute atomic E-state index is 13.4. The normalized spacial score (nSPS) is 19.2. The zero-order chi connectivity index (χ0) is 21.4. The van der Waals surface area contributed by atoms with Gasteiger partial charge in [-0.15, -0.1) is 0 Å². The van der Waals surface area contributed by atoms with Gasteiger partial charge in [-0.1, -0.05) is 67.8 Å². The van der Waals surface area contributed by atoms with Crippen LogP contribution >= 0.6 is 12.2 Å². The predicted molar refractivity (Wildman–Crippen MR) is 130 cm³/mol. The van der Waals surface area contributed by atoms with Crippen LogP contribution in [0.5, 0.6) is 0 Å². The van der Waals surface area contributed by atoms with Crippen LogP contribution < -0.4 is 0 Å². The number of amides is 1. The third kappa shape index (κ3) is 3.68. The predicted octanol–water partition coefficient (Wildman–Crippen LogP) is 5.42. The number of likely N-dealkylation sites (N-methyl/N-ethyl adjacent to an activating group) is 1. The van der Waals surface area contributed by atoms with Crippen molar-refractivity contribution in [2.24, 2.45) is 0 Å². The van der Waals surface area contributed by atoms with Gasteiger partial charge in [0, 0.05) is 42.3 Å². The molecule has 1 aliphatic heterocycles. The van der Waals surface area contributed by atoms with Gasteiger partial charge in [0.15, 0.2) is 5.11 Å². The number of aromatic nitrogens is 1. The molecule has 0 N–H and O–H groups in total. The molecule has 1 amide bonds. The lowest BCUT2D eigenvalue weighted by Crippen LogP contribution is -2.41. The van der Waals surface area contributed by atoms with E-state index in [-0.39, 0.29) is 11.9 Å². The van der Waals surface area contributed by atoms with E-state index < -0.39 is 0 Å². The molecular weight excluding hydrogens is 402 g/mol. The molecule has 2 aliphatic rings. The van der Waals surface area contributed by atoms with E-state index in [0.717, 1.165) is 35.9 Å². The molecule has 1 saturated carbocycles. The van der Waals surface area contributed by atoms with Crippen molar-refractivity contribution in [2.45, 2.75) is 44.7 Å². The van der Waals surface area contributed by atoms with Gasteiger partial charge < -0.3 is 9.47 Å². The Morgan fingerprint density at radius 2 is 1.71 bits per heavy atom. The monoisotopic (exact) mass is 429 g/mol. The quantitative estimate of drug-likeness (QED) is 0.409. The summed E-state index contributed by atoms with van der Waals surface area (Å²) in [5.74, 6) is 0.0410. The van der Waals surface area contributed by atoms with Gasteiger partial charge in [-0.3, -0.25) is 9.69 Å². The van der Waals surface area contributed by atoms with Crippen LogP contribution in [0.2, 0.25) is 0 Å². The molecule has 2 heterocycles. The molecule has 0 spiro atoms. The third-order valence-corrected chi connectivity index (χ3v) is 7.01. The number of carbonyl (C=O) groups is 1. The van der Waals surface area contributed by atoms with Gasteiger partial charge in [0.2, 0.25) is 0 Å². The van der Waals surface area contributed by atoms with Gasteiger partial charge in [-0.2, -0.15) is 0 Å². The Bertz CT molecular complexity index is 1160. The van der Waals surface area contributed by atoms with E-state index in [0.29, 0.717) is 10.8 Å². The standard InChI is InChI=1S/C26H27N3OS/c1-27-24(25(30)29(26(27)31)21-12-6-3-7-13-21)16-20-18-28(17-19-10-4-2-5-11-19)23-15-9-8-14-22(20)23/h2,4-5,8-11,14-16,18,21H,3,6-7,12-13,17H2,1H3/b24-16-. The number of fused-ring (bicyclic) bond motifs is 1. The lowest BCUT2D eigenvalue weighted by molar-refractivity contribution is -0.124. The fourth-order valence-corrected chi connectivity index (χ4v) is 5.22. The fraction of sp³-hybridized carbons (Fsp3) is 0.308. The van der Waals surface area contributed by atoms with Crippen molar-refractivity contribution >= 4 is 40.2 Å². The van der Waals surface area contributed by atoms with E-state index in [2.05, 4.69) is 59.3 Å². The number of hydrogen-bond donors (Lipinski definition) is 0. The fourth-order valence-electron chi connectivity index (χ4n) is 4.89. The van der Waals surface area contributed by atoms with Gasteiger partial charge in [-0.05, 0) is 42.8 Å². The molecule has 5 rings (SSSR count). The lowest BCUT2D eigenvalue weighted by Gasteiger charge is -2.30. The third-order valence-electron chi connectivity index (χ3n) is 6.54. The highest BCUT2D eigenvalue weighted by Crippen LogP contribution is 2.32. The van der Waals surface area contributed by atoms with Gasteiger partial charge in [0.1, 0.15) is 5.70 Å². The number of carbonyl (C=O) groups excluding carboxylic acids is 1. The second kappa shape index (κ2) is 8.31. The van der Waals surface area contributed by atoms with Gasteiger partial charge in [0.05, 0.1) is 0 Å². The van der Waals surface area contributed by atoms with Crippen molar-refractivity contribution in [3.05, 3.63) is 77.6 Å².